The first kappa shape index (κ1) is 26.9. The Labute approximate surface area is 216 Å². The van der Waals surface area contributed by atoms with Gasteiger partial charge in [-0.1, -0.05) is 53.2 Å². The second-order valence-corrected chi connectivity index (χ2v) is 11.2. The highest BCUT2D eigenvalue weighted by Crippen LogP contribution is 2.27. The summed E-state index contributed by atoms with van der Waals surface area (Å²) in [6.07, 6.45) is 1.22. The van der Waals surface area contributed by atoms with Crippen LogP contribution in [-0.2, 0) is 27.7 Å². The summed E-state index contributed by atoms with van der Waals surface area (Å²) in [5.41, 5.74) is 4.32. The number of anilines is 1. The molecule has 0 bridgehead atoms. The lowest BCUT2D eigenvalue weighted by Gasteiger charge is -2.23. The number of nitrogens with zero attached hydrogens (tertiary/aromatic N) is 1. The van der Waals surface area contributed by atoms with E-state index < -0.39 is 10.0 Å². The van der Waals surface area contributed by atoms with Gasteiger partial charge < -0.3 is 10.1 Å². The van der Waals surface area contributed by atoms with Crippen molar-refractivity contribution >= 4 is 37.5 Å². The highest BCUT2D eigenvalue weighted by Gasteiger charge is 2.27. The van der Waals surface area contributed by atoms with Crippen LogP contribution in [0.1, 0.15) is 29.2 Å². The van der Waals surface area contributed by atoms with Crippen molar-refractivity contribution in [1.82, 2.24) is 4.31 Å². The third-order valence-electron chi connectivity index (χ3n) is 5.84. The molecule has 0 heterocycles. The molecule has 0 spiro atoms. The lowest BCUT2D eigenvalue weighted by Crippen LogP contribution is -2.39. The summed E-state index contributed by atoms with van der Waals surface area (Å²) >= 11 is 3.50. The minimum atomic E-state index is -3.93. The molecule has 3 rings (SSSR count). The number of methoxy groups -OCH3 is 1. The van der Waals surface area contributed by atoms with Crippen LogP contribution in [0.4, 0.5) is 5.69 Å². The molecule has 0 saturated heterocycles. The Morgan fingerprint density at radius 3 is 2.37 bits per heavy atom. The number of rotatable bonds is 10. The van der Waals surface area contributed by atoms with Gasteiger partial charge in [-0.05, 0) is 79.3 Å². The molecule has 0 aliphatic heterocycles. The standard InChI is InChI=1S/C27H31BrN2O4S/c1-5-22-17-23(28)15-20(3)27(22)29-26(31)18-30(14-13-21-9-7-6-8-10-21)35(32,33)24-11-12-25(34-4)19(2)16-24/h6-12,15-17H,5,13-14,18H2,1-4H3,(H,29,31). The van der Waals surface area contributed by atoms with E-state index in [1.807, 2.05) is 56.3 Å². The molecule has 6 nitrogen and oxygen atoms in total. The Kier molecular flexibility index (Phi) is 9.10. The summed E-state index contributed by atoms with van der Waals surface area (Å²) in [6, 6.07) is 18.3. The molecule has 0 aliphatic rings. The van der Waals surface area contributed by atoms with Crippen molar-refractivity contribution in [3.05, 3.63) is 87.4 Å². The van der Waals surface area contributed by atoms with E-state index in [1.165, 1.54) is 10.4 Å². The molecule has 0 radical (unpaired) electrons. The van der Waals surface area contributed by atoms with Crippen molar-refractivity contribution < 1.29 is 17.9 Å². The van der Waals surface area contributed by atoms with Gasteiger partial charge >= 0.3 is 0 Å². The third-order valence-corrected chi connectivity index (χ3v) is 8.14. The van der Waals surface area contributed by atoms with Crippen LogP contribution in [0.25, 0.3) is 0 Å². The van der Waals surface area contributed by atoms with Crippen LogP contribution in [0.2, 0.25) is 0 Å². The quantitative estimate of drug-likeness (QED) is 0.356. The molecule has 0 unspecified atom stereocenters. The lowest BCUT2D eigenvalue weighted by atomic mass is 10.1. The minimum Gasteiger partial charge on any atom is -0.496 e. The number of amides is 1. The number of hydrogen-bond acceptors (Lipinski definition) is 4. The van der Waals surface area contributed by atoms with Crippen molar-refractivity contribution in [3.63, 3.8) is 0 Å². The summed E-state index contributed by atoms with van der Waals surface area (Å²) in [7, 11) is -2.39. The topological polar surface area (TPSA) is 75.7 Å². The predicted molar refractivity (Wildman–Crippen MR) is 144 cm³/mol. The van der Waals surface area contributed by atoms with Gasteiger partial charge in [-0.2, -0.15) is 4.31 Å². The average molecular weight is 560 g/mol. The largest absolute Gasteiger partial charge is 0.496 e. The van der Waals surface area contributed by atoms with Crippen LogP contribution in [-0.4, -0.2) is 38.8 Å². The maximum Gasteiger partial charge on any atom is 0.243 e. The molecule has 0 aromatic heterocycles. The highest BCUT2D eigenvalue weighted by molar-refractivity contribution is 9.10. The first-order chi connectivity index (χ1) is 16.6. The highest BCUT2D eigenvalue weighted by atomic mass is 79.9. The van der Waals surface area contributed by atoms with Gasteiger partial charge in [0, 0.05) is 16.7 Å². The van der Waals surface area contributed by atoms with Crippen LogP contribution in [0.5, 0.6) is 5.75 Å². The van der Waals surface area contributed by atoms with Gasteiger partial charge in [0.2, 0.25) is 15.9 Å². The van der Waals surface area contributed by atoms with E-state index in [-0.39, 0.29) is 23.9 Å². The molecule has 0 atom stereocenters. The van der Waals surface area contributed by atoms with Gasteiger partial charge in [-0.3, -0.25) is 4.79 Å². The molecule has 0 saturated carbocycles. The Morgan fingerprint density at radius 2 is 1.74 bits per heavy atom. The van der Waals surface area contributed by atoms with E-state index in [1.54, 1.807) is 26.2 Å². The summed E-state index contributed by atoms with van der Waals surface area (Å²) in [5, 5.41) is 2.95. The van der Waals surface area contributed by atoms with Gasteiger partial charge in [-0.15, -0.1) is 0 Å². The molecule has 1 N–H and O–H groups in total. The SMILES string of the molecule is CCc1cc(Br)cc(C)c1NC(=O)CN(CCc1ccccc1)S(=O)(=O)c1ccc(OC)c(C)c1. The minimum absolute atomic E-state index is 0.130. The number of halogens is 1. The molecular weight excluding hydrogens is 528 g/mol. The fraction of sp³-hybridized carbons (Fsp3) is 0.296. The van der Waals surface area contributed by atoms with Crippen molar-refractivity contribution in [2.45, 2.75) is 38.5 Å². The second-order valence-electron chi connectivity index (χ2n) is 8.36. The molecule has 1 amide bonds. The fourth-order valence-electron chi connectivity index (χ4n) is 3.95. The number of hydrogen-bond donors (Lipinski definition) is 1. The number of nitrogens with one attached hydrogen (secondary N) is 1. The van der Waals surface area contributed by atoms with Crippen LogP contribution >= 0.6 is 15.9 Å². The van der Waals surface area contributed by atoms with Gasteiger partial charge in [-0.25, -0.2) is 8.42 Å². The Morgan fingerprint density at radius 1 is 1.03 bits per heavy atom. The van der Waals surface area contributed by atoms with Crippen LogP contribution in [0, 0.1) is 13.8 Å². The van der Waals surface area contributed by atoms with Crippen LogP contribution < -0.4 is 10.1 Å². The zero-order chi connectivity index (χ0) is 25.6. The number of carbonyl (C=O) groups is 1. The van der Waals surface area contributed by atoms with Gasteiger partial charge in [0.05, 0.1) is 18.6 Å². The number of aryl methyl sites for hydroxylation is 3. The molecule has 35 heavy (non-hydrogen) atoms. The monoisotopic (exact) mass is 558 g/mol. The number of sulfonamides is 1. The van der Waals surface area contributed by atoms with Gasteiger partial charge in [0.15, 0.2) is 0 Å². The average Bonchev–Trinajstić information content (AvgIpc) is 2.83. The van der Waals surface area contributed by atoms with E-state index in [0.29, 0.717) is 17.7 Å². The van der Waals surface area contributed by atoms with E-state index in [2.05, 4.69) is 21.2 Å². The lowest BCUT2D eigenvalue weighted by molar-refractivity contribution is -0.116. The zero-order valence-corrected chi connectivity index (χ0v) is 22.9. The Balaban J connectivity index is 1.90. The Bertz CT molecular complexity index is 1290. The number of carbonyl (C=O) groups excluding carboxylic acids is 1. The number of ether oxygens (including phenoxy) is 1. The summed E-state index contributed by atoms with van der Waals surface area (Å²) < 4.78 is 34.7. The molecule has 3 aromatic rings. The van der Waals surface area contributed by atoms with Crippen molar-refractivity contribution in [2.24, 2.45) is 0 Å². The maximum atomic E-state index is 13.6. The van der Waals surface area contributed by atoms with Crippen molar-refractivity contribution in [3.8, 4) is 5.75 Å². The summed E-state index contributed by atoms with van der Waals surface area (Å²) in [5.74, 6) is 0.224. The summed E-state index contributed by atoms with van der Waals surface area (Å²) in [6.45, 7) is 5.61. The smallest absolute Gasteiger partial charge is 0.243 e. The molecule has 0 aliphatic carbocycles. The normalized spacial score (nSPS) is 11.5. The molecule has 8 heteroatoms. The molecule has 0 fully saturated rings. The first-order valence-corrected chi connectivity index (χ1v) is 13.7. The molecular formula is C27H31BrN2O4S. The van der Waals surface area contributed by atoms with E-state index in [9.17, 15) is 13.2 Å². The maximum absolute atomic E-state index is 13.6. The first-order valence-electron chi connectivity index (χ1n) is 11.4. The second kappa shape index (κ2) is 11.8. The van der Waals surface area contributed by atoms with Crippen molar-refractivity contribution in [2.75, 3.05) is 25.5 Å². The van der Waals surface area contributed by atoms with Crippen LogP contribution in [0.3, 0.4) is 0 Å². The van der Waals surface area contributed by atoms with Crippen molar-refractivity contribution in [1.29, 1.82) is 0 Å². The van der Waals surface area contributed by atoms with E-state index in [4.69, 9.17) is 4.74 Å². The zero-order valence-electron chi connectivity index (χ0n) is 20.5. The van der Waals surface area contributed by atoms with E-state index in [0.717, 1.165) is 33.3 Å². The van der Waals surface area contributed by atoms with Gasteiger partial charge in [0.25, 0.3) is 0 Å². The third kappa shape index (κ3) is 6.72. The van der Waals surface area contributed by atoms with Gasteiger partial charge in [0.1, 0.15) is 5.75 Å². The predicted octanol–water partition coefficient (Wildman–Crippen LogP) is 5.51. The molecule has 3 aromatic carbocycles. The summed E-state index contributed by atoms with van der Waals surface area (Å²) in [4.78, 5) is 13.3. The van der Waals surface area contributed by atoms with E-state index >= 15 is 0 Å². The number of benzene rings is 3. The van der Waals surface area contributed by atoms with Crippen LogP contribution in [0.15, 0.2) is 70.0 Å². The molecule has 186 valence electrons. The Hall–Kier alpha value is -2.68. The fourth-order valence-corrected chi connectivity index (χ4v) is 6.05.